The number of nitrogens with one attached hydrogen (secondary N) is 1. The van der Waals surface area contributed by atoms with Crippen molar-refractivity contribution >= 4 is 15.8 Å². The summed E-state index contributed by atoms with van der Waals surface area (Å²) in [5.74, 6) is -0.0957. The maximum atomic E-state index is 11.2. The molecule has 0 spiro atoms. The number of carboxylic acid groups (broad SMARTS) is 1. The molecule has 2 N–H and O–H groups in total. The Morgan fingerprint density at radius 3 is 2.61 bits per heavy atom. The zero-order valence-electron chi connectivity index (χ0n) is 12.7. The third kappa shape index (κ3) is 3.42. The molecule has 2 atom stereocenters. The van der Waals surface area contributed by atoms with Gasteiger partial charge in [-0.15, -0.1) is 0 Å². The summed E-state index contributed by atoms with van der Waals surface area (Å²) in [6.07, 6.45) is 0.195. The quantitative estimate of drug-likeness (QED) is 0.809. The second kappa shape index (κ2) is 6.01. The first-order chi connectivity index (χ1) is 10.9. The van der Waals surface area contributed by atoms with Crippen molar-refractivity contribution in [3.05, 3.63) is 23.8 Å². The van der Waals surface area contributed by atoms with E-state index in [1.165, 1.54) is 7.11 Å². The Hall–Kier alpha value is -1.80. The van der Waals surface area contributed by atoms with E-state index in [0.717, 1.165) is 5.56 Å². The van der Waals surface area contributed by atoms with Crippen molar-refractivity contribution in [3.63, 3.8) is 0 Å². The van der Waals surface area contributed by atoms with E-state index in [1.54, 1.807) is 6.07 Å². The predicted molar refractivity (Wildman–Crippen MR) is 82.6 cm³/mol. The van der Waals surface area contributed by atoms with Gasteiger partial charge in [0.1, 0.15) is 6.10 Å². The summed E-state index contributed by atoms with van der Waals surface area (Å²) in [5.41, 5.74) is 0.930. The zero-order valence-corrected chi connectivity index (χ0v) is 13.5. The lowest BCUT2D eigenvalue weighted by atomic mass is 10.00. The van der Waals surface area contributed by atoms with E-state index in [1.807, 2.05) is 12.1 Å². The second-order valence-electron chi connectivity index (χ2n) is 5.96. The molecular weight excluding hydrogens is 322 g/mol. The molecule has 0 aromatic heterocycles. The topological polar surface area (TPSA) is 102 Å². The van der Waals surface area contributed by atoms with Crippen molar-refractivity contribution in [3.8, 4) is 11.5 Å². The number of sulfone groups is 1. The minimum absolute atomic E-state index is 0.0301. The van der Waals surface area contributed by atoms with Gasteiger partial charge in [0.15, 0.2) is 21.3 Å². The standard InChI is InChI=1S/C15H19NO6S/c1-21-14-5-9(12-4-10(6-16-12)15(17)18)2-3-13(14)22-11-7-23(19,20)8-11/h2-3,5,10-12,16H,4,6-8H2,1H3,(H,17,18). The zero-order chi connectivity index (χ0) is 16.6. The van der Waals surface area contributed by atoms with Gasteiger partial charge in [-0.3, -0.25) is 4.79 Å². The second-order valence-corrected chi connectivity index (χ2v) is 8.11. The van der Waals surface area contributed by atoms with Gasteiger partial charge in [-0.2, -0.15) is 0 Å². The fourth-order valence-corrected chi connectivity index (χ4v) is 4.11. The summed E-state index contributed by atoms with van der Waals surface area (Å²) in [6, 6.07) is 5.37. The highest BCUT2D eigenvalue weighted by Crippen LogP contribution is 2.35. The van der Waals surface area contributed by atoms with Crippen LogP contribution in [0.1, 0.15) is 18.0 Å². The number of benzene rings is 1. The van der Waals surface area contributed by atoms with Gasteiger partial charge in [0.2, 0.25) is 0 Å². The molecule has 2 aliphatic heterocycles. The summed E-state index contributed by atoms with van der Waals surface area (Å²) >= 11 is 0. The molecule has 1 aromatic rings. The number of carboxylic acids is 1. The Morgan fingerprint density at radius 2 is 2.04 bits per heavy atom. The number of methoxy groups -OCH3 is 1. The van der Waals surface area contributed by atoms with Crippen LogP contribution in [0.25, 0.3) is 0 Å². The molecule has 2 unspecified atom stereocenters. The van der Waals surface area contributed by atoms with Gasteiger partial charge in [-0.25, -0.2) is 8.42 Å². The molecule has 1 aromatic carbocycles. The van der Waals surface area contributed by atoms with E-state index in [9.17, 15) is 13.2 Å². The molecule has 2 heterocycles. The van der Waals surface area contributed by atoms with Gasteiger partial charge in [-0.05, 0) is 24.1 Å². The molecule has 0 bridgehead atoms. The van der Waals surface area contributed by atoms with Crippen molar-refractivity contribution in [2.45, 2.75) is 18.6 Å². The van der Waals surface area contributed by atoms with Crippen LogP contribution >= 0.6 is 0 Å². The average Bonchev–Trinajstić information content (AvgIpc) is 2.95. The van der Waals surface area contributed by atoms with Crippen LogP contribution in [0.4, 0.5) is 0 Å². The average molecular weight is 341 g/mol. The lowest BCUT2D eigenvalue weighted by Gasteiger charge is -2.27. The molecule has 126 valence electrons. The Labute approximate surface area is 134 Å². The van der Waals surface area contributed by atoms with Crippen molar-refractivity contribution in [1.82, 2.24) is 5.32 Å². The summed E-state index contributed by atoms with van der Waals surface area (Å²) < 4.78 is 33.4. The van der Waals surface area contributed by atoms with Gasteiger partial charge in [-0.1, -0.05) is 6.07 Å². The van der Waals surface area contributed by atoms with Crippen LogP contribution in [0.5, 0.6) is 11.5 Å². The number of hydrogen-bond donors (Lipinski definition) is 2. The first-order valence-electron chi connectivity index (χ1n) is 7.39. The smallest absolute Gasteiger partial charge is 0.307 e. The molecule has 23 heavy (non-hydrogen) atoms. The number of ether oxygens (including phenoxy) is 2. The Balaban J connectivity index is 1.71. The first-order valence-corrected chi connectivity index (χ1v) is 9.21. The van der Waals surface area contributed by atoms with Crippen LogP contribution in [-0.2, 0) is 14.6 Å². The molecule has 2 fully saturated rings. The minimum Gasteiger partial charge on any atom is -0.493 e. The molecule has 2 aliphatic rings. The number of aliphatic carboxylic acids is 1. The van der Waals surface area contributed by atoms with Crippen LogP contribution in [0, 0.1) is 5.92 Å². The molecule has 2 saturated heterocycles. The maximum absolute atomic E-state index is 11.2. The maximum Gasteiger partial charge on any atom is 0.307 e. The number of hydrogen-bond acceptors (Lipinski definition) is 6. The fourth-order valence-electron chi connectivity index (χ4n) is 2.94. The molecule has 7 nitrogen and oxygen atoms in total. The lowest BCUT2D eigenvalue weighted by molar-refractivity contribution is -0.141. The normalized spacial score (nSPS) is 26.5. The van der Waals surface area contributed by atoms with E-state index in [0.29, 0.717) is 24.5 Å². The molecule has 0 amide bonds. The summed E-state index contributed by atoms with van der Waals surface area (Å²) in [5, 5.41) is 12.3. The van der Waals surface area contributed by atoms with Gasteiger partial charge in [0.25, 0.3) is 0 Å². The van der Waals surface area contributed by atoms with Crippen LogP contribution in [0.3, 0.4) is 0 Å². The highest BCUT2D eigenvalue weighted by Gasteiger charge is 2.36. The van der Waals surface area contributed by atoms with E-state index >= 15 is 0 Å². The monoisotopic (exact) mass is 341 g/mol. The van der Waals surface area contributed by atoms with Crippen molar-refractivity contribution < 1.29 is 27.8 Å². The summed E-state index contributed by atoms with van der Waals surface area (Å²) in [6.45, 7) is 0.445. The van der Waals surface area contributed by atoms with Gasteiger partial charge in [0.05, 0.1) is 24.5 Å². The van der Waals surface area contributed by atoms with E-state index in [-0.39, 0.29) is 29.6 Å². The van der Waals surface area contributed by atoms with Crippen molar-refractivity contribution in [2.24, 2.45) is 5.92 Å². The Bertz CT molecular complexity index is 705. The molecule has 0 aliphatic carbocycles. The minimum atomic E-state index is -2.94. The van der Waals surface area contributed by atoms with Gasteiger partial charge in [0, 0.05) is 12.6 Å². The molecule has 0 radical (unpaired) electrons. The Kier molecular flexibility index (Phi) is 4.20. The third-order valence-electron chi connectivity index (χ3n) is 4.24. The van der Waals surface area contributed by atoms with E-state index in [2.05, 4.69) is 5.32 Å². The first kappa shape index (κ1) is 16.1. The largest absolute Gasteiger partial charge is 0.493 e. The molecule has 8 heteroatoms. The van der Waals surface area contributed by atoms with Crippen molar-refractivity contribution in [1.29, 1.82) is 0 Å². The van der Waals surface area contributed by atoms with E-state index < -0.39 is 15.8 Å². The highest BCUT2D eigenvalue weighted by molar-refractivity contribution is 7.92. The highest BCUT2D eigenvalue weighted by atomic mass is 32.2. The van der Waals surface area contributed by atoms with E-state index in [4.69, 9.17) is 14.6 Å². The lowest BCUT2D eigenvalue weighted by Crippen LogP contribution is -2.45. The van der Waals surface area contributed by atoms with Crippen LogP contribution in [0.2, 0.25) is 0 Å². The molecule has 0 saturated carbocycles. The summed E-state index contributed by atoms with van der Waals surface area (Å²) in [7, 11) is -1.42. The number of rotatable bonds is 5. The number of carbonyl (C=O) groups is 1. The summed E-state index contributed by atoms with van der Waals surface area (Å²) in [4.78, 5) is 11.0. The van der Waals surface area contributed by atoms with Crippen LogP contribution < -0.4 is 14.8 Å². The molecular formula is C15H19NO6S. The van der Waals surface area contributed by atoms with Gasteiger partial charge >= 0.3 is 5.97 Å². The predicted octanol–water partition coefficient (Wildman–Crippen LogP) is 0.606. The van der Waals surface area contributed by atoms with Gasteiger partial charge < -0.3 is 19.9 Å². The third-order valence-corrected chi connectivity index (χ3v) is 6.00. The SMILES string of the molecule is COc1cc(C2CC(C(=O)O)CN2)ccc1OC1CS(=O)(=O)C1. The Morgan fingerprint density at radius 1 is 1.30 bits per heavy atom. The van der Waals surface area contributed by atoms with Crippen molar-refractivity contribution in [2.75, 3.05) is 25.2 Å². The fraction of sp³-hybridized carbons (Fsp3) is 0.533. The van der Waals surface area contributed by atoms with Crippen LogP contribution in [-0.4, -0.2) is 50.8 Å². The van der Waals surface area contributed by atoms with Crippen LogP contribution in [0.15, 0.2) is 18.2 Å². The molecule has 3 rings (SSSR count).